The predicted molar refractivity (Wildman–Crippen MR) is 212 cm³/mol. The molecule has 1 aliphatic rings. The molecule has 0 radical (unpaired) electrons. The van der Waals surface area contributed by atoms with Gasteiger partial charge in [0.05, 0.1) is 52.7 Å². The fraction of sp³-hybridized carbons (Fsp3) is 0.200. The summed E-state index contributed by atoms with van der Waals surface area (Å²) in [6.45, 7) is 6.89. The van der Waals surface area contributed by atoms with Crippen LogP contribution in [-0.2, 0) is 0 Å². The van der Waals surface area contributed by atoms with E-state index >= 15 is 0 Å². The molecule has 0 N–H and O–H groups in total. The quantitative estimate of drug-likeness (QED) is 0.144. The van der Waals surface area contributed by atoms with E-state index in [0.717, 1.165) is 70.1 Å². The molecule has 6 nitrogen and oxygen atoms in total. The molecule has 3 aromatic heterocycles. The van der Waals surface area contributed by atoms with Crippen LogP contribution in [0.4, 0.5) is 17.1 Å². The molecule has 0 amide bonds. The lowest BCUT2D eigenvalue weighted by atomic mass is 9.55. The van der Waals surface area contributed by atoms with Gasteiger partial charge in [-0.15, -0.1) is 0 Å². The van der Waals surface area contributed by atoms with Crippen molar-refractivity contribution in [3.8, 4) is 33.8 Å². The van der Waals surface area contributed by atoms with E-state index in [1.165, 1.54) is 0 Å². The number of aromatic nitrogens is 3. The van der Waals surface area contributed by atoms with Crippen LogP contribution in [-0.4, -0.2) is 33.6 Å². The third-order valence-corrected chi connectivity index (χ3v) is 9.45. The second kappa shape index (κ2) is 14.5. The van der Waals surface area contributed by atoms with Crippen molar-refractivity contribution >= 4 is 35.7 Å². The maximum atomic E-state index is 4.98. The molecule has 0 aliphatic heterocycles. The standard InChI is InChI=1S/C45H42N6/c1-43(31-49-37-19-22-40(46-25-37)34-13-7-4-8-14-34)28-44(2,32-50-38-20-23-41(47-26-38)35-15-9-5-10-16-35)30-45(3,29-43)33-51-39-21-24-42(48-27-39)36-17-11-6-12-18-36/h4-27,31-33H,28-30H2,1-3H3. The Balaban J connectivity index is 1.15. The third-order valence-electron chi connectivity index (χ3n) is 9.45. The molecular weight excluding hydrogens is 625 g/mol. The molecule has 3 aromatic carbocycles. The largest absolute Gasteiger partial charge is 0.259 e. The fourth-order valence-corrected chi connectivity index (χ4v) is 7.65. The van der Waals surface area contributed by atoms with Crippen molar-refractivity contribution in [3.05, 3.63) is 146 Å². The van der Waals surface area contributed by atoms with Gasteiger partial charge >= 0.3 is 0 Å². The number of benzene rings is 3. The zero-order valence-corrected chi connectivity index (χ0v) is 29.4. The zero-order valence-electron chi connectivity index (χ0n) is 29.4. The van der Waals surface area contributed by atoms with Gasteiger partial charge in [0, 0.05) is 51.6 Å². The Hall–Kier alpha value is -5.88. The Morgan fingerprint density at radius 1 is 0.392 bits per heavy atom. The molecular formula is C45H42N6. The SMILES string of the molecule is CC1(C=Nc2ccc(-c3ccccc3)nc2)CC(C)(C=Nc2ccc(-c3ccccc3)nc2)CC(C)(C=Nc2ccc(-c3ccccc3)nc2)C1. The number of rotatable bonds is 9. The van der Waals surface area contributed by atoms with Gasteiger partial charge in [0.1, 0.15) is 0 Å². The Labute approximate surface area is 300 Å². The number of hydrogen-bond acceptors (Lipinski definition) is 6. The summed E-state index contributed by atoms with van der Waals surface area (Å²) in [7, 11) is 0. The van der Waals surface area contributed by atoms with Crippen LogP contribution >= 0.6 is 0 Å². The van der Waals surface area contributed by atoms with Gasteiger partial charge in [0.2, 0.25) is 0 Å². The number of hydrogen-bond donors (Lipinski definition) is 0. The molecule has 6 heteroatoms. The van der Waals surface area contributed by atoms with Crippen molar-refractivity contribution in [2.75, 3.05) is 0 Å². The van der Waals surface area contributed by atoms with Crippen molar-refractivity contribution in [3.63, 3.8) is 0 Å². The average Bonchev–Trinajstić information content (AvgIpc) is 3.17. The van der Waals surface area contributed by atoms with Gasteiger partial charge in [-0.25, -0.2) is 0 Å². The van der Waals surface area contributed by atoms with E-state index in [9.17, 15) is 0 Å². The first-order valence-electron chi connectivity index (χ1n) is 17.5. The number of aliphatic imine (C=N–C) groups is 3. The van der Waals surface area contributed by atoms with Crippen LogP contribution in [0.15, 0.2) is 161 Å². The second-order valence-corrected chi connectivity index (χ2v) is 14.6. The summed E-state index contributed by atoms with van der Waals surface area (Å²) >= 11 is 0. The summed E-state index contributed by atoms with van der Waals surface area (Å²) in [5, 5.41) is 0. The summed E-state index contributed by atoms with van der Waals surface area (Å²) < 4.78 is 0. The van der Waals surface area contributed by atoms with Crippen LogP contribution in [0, 0.1) is 16.2 Å². The van der Waals surface area contributed by atoms with Crippen LogP contribution < -0.4 is 0 Å². The molecule has 51 heavy (non-hydrogen) atoms. The summed E-state index contributed by atoms with van der Waals surface area (Å²) in [4.78, 5) is 29.1. The van der Waals surface area contributed by atoms with Gasteiger partial charge in [-0.1, -0.05) is 112 Å². The minimum atomic E-state index is -0.233. The van der Waals surface area contributed by atoms with Crippen LogP contribution in [0.1, 0.15) is 40.0 Å². The van der Waals surface area contributed by atoms with Crippen molar-refractivity contribution in [1.82, 2.24) is 15.0 Å². The average molecular weight is 667 g/mol. The number of pyridine rings is 3. The highest BCUT2D eigenvalue weighted by Crippen LogP contribution is 2.53. The molecule has 1 fully saturated rings. The molecule has 0 bridgehead atoms. The summed E-state index contributed by atoms with van der Waals surface area (Å²) in [5.41, 5.74) is 7.88. The molecule has 3 heterocycles. The van der Waals surface area contributed by atoms with Crippen molar-refractivity contribution in [1.29, 1.82) is 0 Å². The first-order valence-corrected chi connectivity index (χ1v) is 17.5. The van der Waals surface area contributed by atoms with Crippen molar-refractivity contribution in [2.24, 2.45) is 31.2 Å². The molecule has 252 valence electrons. The van der Waals surface area contributed by atoms with E-state index in [0.29, 0.717) is 0 Å². The van der Waals surface area contributed by atoms with Crippen LogP contribution in [0.25, 0.3) is 33.8 Å². The van der Waals surface area contributed by atoms with E-state index in [1.807, 2.05) is 110 Å². The highest BCUT2D eigenvalue weighted by Gasteiger charge is 2.47. The van der Waals surface area contributed by atoms with Crippen LogP contribution in [0.5, 0.6) is 0 Å². The summed E-state index contributed by atoms with van der Waals surface area (Å²) in [6.07, 6.45) is 14.6. The molecule has 7 rings (SSSR count). The molecule has 6 aromatic rings. The Bertz CT molecular complexity index is 1870. The first kappa shape index (κ1) is 33.6. The molecule has 0 unspecified atom stereocenters. The normalized spacial score (nSPS) is 22.2. The minimum Gasteiger partial charge on any atom is -0.259 e. The van der Waals surface area contributed by atoms with E-state index < -0.39 is 0 Å². The Morgan fingerprint density at radius 2 is 0.667 bits per heavy atom. The minimum absolute atomic E-state index is 0.233. The van der Waals surface area contributed by atoms with Gasteiger partial charge in [-0.3, -0.25) is 29.9 Å². The van der Waals surface area contributed by atoms with Gasteiger partial charge in [-0.2, -0.15) is 0 Å². The lowest BCUT2D eigenvalue weighted by molar-refractivity contribution is 0.121. The third kappa shape index (κ3) is 8.47. The van der Waals surface area contributed by atoms with Gasteiger partial charge in [0.15, 0.2) is 0 Å². The summed E-state index contributed by atoms with van der Waals surface area (Å²) in [6, 6.07) is 42.9. The van der Waals surface area contributed by atoms with Crippen LogP contribution in [0.3, 0.4) is 0 Å². The van der Waals surface area contributed by atoms with Crippen LogP contribution in [0.2, 0.25) is 0 Å². The molecule has 0 spiro atoms. The monoisotopic (exact) mass is 666 g/mol. The van der Waals surface area contributed by atoms with E-state index in [-0.39, 0.29) is 16.2 Å². The maximum absolute atomic E-state index is 4.98. The number of nitrogens with zero attached hydrogens (tertiary/aromatic N) is 6. The molecule has 0 saturated heterocycles. The molecule has 1 saturated carbocycles. The summed E-state index contributed by atoms with van der Waals surface area (Å²) in [5.74, 6) is 0. The van der Waals surface area contributed by atoms with Gasteiger partial charge in [-0.05, 0) is 55.7 Å². The first-order chi connectivity index (χ1) is 24.8. The Morgan fingerprint density at radius 3 is 0.902 bits per heavy atom. The fourth-order valence-electron chi connectivity index (χ4n) is 7.65. The second-order valence-electron chi connectivity index (χ2n) is 14.6. The molecule has 1 aliphatic carbocycles. The smallest absolute Gasteiger partial charge is 0.0809 e. The van der Waals surface area contributed by atoms with Crippen molar-refractivity contribution < 1.29 is 0 Å². The van der Waals surface area contributed by atoms with E-state index in [4.69, 9.17) is 29.9 Å². The maximum Gasteiger partial charge on any atom is 0.0809 e. The van der Waals surface area contributed by atoms with E-state index in [2.05, 4.69) is 75.8 Å². The molecule has 0 atom stereocenters. The van der Waals surface area contributed by atoms with E-state index in [1.54, 1.807) is 0 Å². The lowest BCUT2D eigenvalue weighted by Gasteiger charge is -2.49. The van der Waals surface area contributed by atoms with Gasteiger partial charge in [0.25, 0.3) is 0 Å². The Kier molecular flexibility index (Phi) is 9.58. The van der Waals surface area contributed by atoms with Crippen molar-refractivity contribution in [2.45, 2.75) is 40.0 Å². The highest BCUT2D eigenvalue weighted by atomic mass is 14.8. The lowest BCUT2D eigenvalue weighted by Crippen LogP contribution is -2.44. The topological polar surface area (TPSA) is 75.8 Å². The zero-order chi connectivity index (χ0) is 35.2. The predicted octanol–water partition coefficient (Wildman–Crippen LogP) is 11.6. The highest BCUT2D eigenvalue weighted by molar-refractivity contribution is 5.79. The van der Waals surface area contributed by atoms with Gasteiger partial charge < -0.3 is 0 Å².